The topological polar surface area (TPSA) is 72.5 Å². The van der Waals surface area contributed by atoms with Gasteiger partial charge in [-0.3, -0.25) is 5.04 Å². The van der Waals surface area contributed by atoms with Crippen LogP contribution in [0.1, 0.15) is 5.56 Å². The maximum Gasteiger partial charge on any atom is 1.00 e. The van der Waals surface area contributed by atoms with Gasteiger partial charge in [-0.05, 0) is 11.6 Å². The number of hydrogen-bond donors (Lipinski definition) is 0. The molecule has 1 aliphatic heterocycles. The van der Waals surface area contributed by atoms with E-state index in [0.717, 1.165) is 29.1 Å². The molecule has 1 unspecified atom stereocenters. The summed E-state index contributed by atoms with van der Waals surface area (Å²) in [6, 6.07) is 7.30. The Balaban J connectivity index is 0.00000162. The zero-order valence-corrected chi connectivity index (χ0v) is 12.7. The fourth-order valence-corrected chi connectivity index (χ4v) is 1.62. The minimum Gasteiger partial charge on any atom is -0.691 e. The zero-order valence-electron chi connectivity index (χ0n) is 9.87. The molecule has 0 aliphatic carbocycles. The third kappa shape index (κ3) is 5.98. The van der Waals surface area contributed by atoms with Crippen molar-refractivity contribution in [3.05, 3.63) is 29.8 Å². The summed E-state index contributed by atoms with van der Waals surface area (Å²) >= 11 is 0.829. The van der Waals surface area contributed by atoms with Crippen molar-refractivity contribution < 1.29 is 58.7 Å². The first-order valence-electron chi connectivity index (χ1n) is 4.97. The van der Waals surface area contributed by atoms with Gasteiger partial charge in [-0.2, -0.15) is 4.33 Å². The summed E-state index contributed by atoms with van der Waals surface area (Å²) in [4.78, 5) is 10.7. The minimum atomic E-state index is 0. The van der Waals surface area contributed by atoms with Crippen LogP contribution in [0.3, 0.4) is 0 Å². The van der Waals surface area contributed by atoms with E-state index in [1.807, 2.05) is 18.2 Å². The first kappa shape index (κ1) is 16.4. The van der Waals surface area contributed by atoms with Crippen LogP contribution >= 0.6 is 12.0 Å². The summed E-state index contributed by atoms with van der Waals surface area (Å²) in [7, 11) is 0. The van der Waals surface area contributed by atoms with Gasteiger partial charge in [0.2, 0.25) is 0 Å². The quantitative estimate of drug-likeness (QED) is 0.133. The molecular formula is C10H11NaO6S. The van der Waals surface area contributed by atoms with Gasteiger partial charge in [-0.15, -0.1) is 0 Å². The van der Waals surface area contributed by atoms with Crippen LogP contribution in [0.25, 0.3) is 0 Å². The van der Waals surface area contributed by atoms with E-state index in [1.165, 1.54) is 0 Å². The van der Waals surface area contributed by atoms with Crippen molar-refractivity contribution in [3.63, 3.8) is 0 Å². The summed E-state index contributed by atoms with van der Waals surface area (Å²) in [5, 5.41) is 13.0. The van der Waals surface area contributed by atoms with E-state index in [4.69, 9.17) is 14.5 Å². The van der Waals surface area contributed by atoms with Gasteiger partial charge in [-0.1, -0.05) is 18.2 Å². The van der Waals surface area contributed by atoms with Gasteiger partial charge in [-0.25, -0.2) is 9.78 Å². The third-order valence-electron chi connectivity index (χ3n) is 2.08. The van der Waals surface area contributed by atoms with Crippen molar-refractivity contribution in [1.82, 2.24) is 0 Å². The van der Waals surface area contributed by atoms with E-state index in [-0.39, 0.29) is 42.3 Å². The average molecular weight is 282 g/mol. The Morgan fingerprint density at radius 2 is 2.11 bits per heavy atom. The smallest absolute Gasteiger partial charge is 0.691 e. The van der Waals surface area contributed by atoms with Crippen LogP contribution in [0.15, 0.2) is 29.2 Å². The summed E-state index contributed by atoms with van der Waals surface area (Å²) < 4.78 is 9.22. The number of hydrogen-bond acceptors (Lipinski definition) is 7. The summed E-state index contributed by atoms with van der Waals surface area (Å²) in [5.41, 5.74) is 0.839. The van der Waals surface area contributed by atoms with E-state index in [0.29, 0.717) is 6.61 Å². The van der Waals surface area contributed by atoms with Crippen molar-refractivity contribution >= 4 is 12.0 Å². The fourth-order valence-electron chi connectivity index (χ4n) is 1.15. The second kappa shape index (κ2) is 9.27. The van der Waals surface area contributed by atoms with Crippen LogP contribution in [-0.4, -0.2) is 19.3 Å². The van der Waals surface area contributed by atoms with Gasteiger partial charge in [0.15, 0.2) is 0 Å². The van der Waals surface area contributed by atoms with Crippen LogP contribution in [0.5, 0.6) is 0 Å². The molecule has 0 radical (unpaired) electrons. The fraction of sp³-hybridized carbons (Fsp3) is 0.400. The minimum absolute atomic E-state index is 0. The van der Waals surface area contributed by atoms with Gasteiger partial charge in [0, 0.05) is 4.90 Å². The van der Waals surface area contributed by atoms with Gasteiger partial charge in [0.1, 0.15) is 19.3 Å². The molecule has 94 valence electrons. The molecule has 1 aromatic rings. The van der Waals surface area contributed by atoms with Crippen molar-refractivity contribution in [2.24, 2.45) is 0 Å². The first-order valence-corrected chi connectivity index (χ1v) is 5.71. The molecule has 0 aromatic heterocycles. The normalized spacial score (nSPS) is 17.3. The number of epoxide rings is 1. The van der Waals surface area contributed by atoms with Crippen LogP contribution in [0, 0.1) is 0 Å². The van der Waals surface area contributed by atoms with Crippen LogP contribution in [0.4, 0.5) is 0 Å². The molecule has 18 heavy (non-hydrogen) atoms. The van der Waals surface area contributed by atoms with Crippen molar-refractivity contribution in [1.29, 1.82) is 0 Å². The van der Waals surface area contributed by atoms with Gasteiger partial charge in [0.25, 0.3) is 0 Å². The molecule has 6 nitrogen and oxygen atoms in total. The molecule has 0 spiro atoms. The monoisotopic (exact) mass is 282 g/mol. The molecule has 0 saturated carbocycles. The van der Waals surface area contributed by atoms with Crippen molar-refractivity contribution in [3.8, 4) is 0 Å². The van der Waals surface area contributed by atoms with E-state index < -0.39 is 0 Å². The average Bonchev–Trinajstić information content (AvgIpc) is 3.17. The van der Waals surface area contributed by atoms with E-state index in [9.17, 15) is 5.26 Å². The Labute approximate surface area is 131 Å². The molecule has 8 heteroatoms. The predicted molar refractivity (Wildman–Crippen MR) is 55.0 cm³/mol. The summed E-state index contributed by atoms with van der Waals surface area (Å²) in [5.74, 6) is 0. The van der Waals surface area contributed by atoms with Crippen molar-refractivity contribution in [2.45, 2.75) is 17.6 Å². The second-order valence-corrected chi connectivity index (χ2v) is 4.07. The number of ether oxygens (including phenoxy) is 1. The molecule has 1 aliphatic rings. The molecule has 0 bridgehead atoms. The summed E-state index contributed by atoms with van der Waals surface area (Å²) in [6.07, 6.45) is 0.164. The zero-order chi connectivity index (χ0) is 11.9. The Morgan fingerprint density at radius 3 is 2.83 bits per heavy atom. The largest absolute Gasteiger partial charge is 1.00 e. The van der Waals surface area contributed by atoms with Crippen LogP contribution < -0.4 is 34.8 Å². The molecule has 1 fully saturated rings. The molecular weight excluding hydrogens is 271 g/mol. The van der Waals surface area contributed by atoms with E-state index in [2.05, 4.69) is 9.37 Å². The molecule has 1 heterocycles. The van der Waals surface area contributed by atoms with Gasteiger partial charge < -0.3 is 9.99 Å². The Kier molecular flexibility index (Phi) is 8.44. The van der Waals surface area contributed by atoms with Gasteiger partial charge in [0.05, 0.1) is 18.6 Å². The number of benzene rings is 1. The first-order chi connectivity index (χ1) is 8.40. The second-order valence-electron chi connectivity index (χ2n) is 3.33. The van der Waals surface area contributed by atoms with E-state index >= 15 is 0 Å². The predicted octanol–water partition coefficient (Wildman–Crippen LogP) is -2.23. The Morgan fingerprint density at radius 1 is 1.33 bits per heavy atom. The van der Waals surface area contributed by atoms with Crippen LogP contribution in [0.2, 0.25) is 0 Å². The van der Waals surface area contributed by atoms with Crippen LogP contribution in [-0.2, 0) is 30.5 Å². The molecule has 0 amide bonds. The maximum atomic E-state index is 9.74. The molecule has 1 atom stereocenters. The molecule has 1 aromatic carbocycles. The third-order valence-corrected chi connectivity index (χ3v) is 2.78. The van der Waals surface area contributed by atoms with E-state index in [1.54, 1.807) is 6.07 Å². The van der Waals surface area contributed by atoms with Gasteiger partial charge >= 0.3 is 29.6 Å². The molecule has 2 rings (SSSR count). The Bertz CT molecular complexity index is 349. The Hall–Kier alpha value is 0.330. The standard InChI is InChI=1S/C10H12O6S.Na/c11-15-16-17-10-4-2-1-3-8(10)5-13-14-7-9-6-12-9;/h1-4,9,11H,5-7H2;/q;+1/p-1. The molecule has 0 N–H and O–H groups in total. The van der Waals surface area contributed by atoms with Crippen molar-refractivity contribution in [2.75, 3.05) is 13.2 Å². The molecule has 1 saturated heterocycles. The number of rotatable bonds is 8. The maximum absolute atomic E-state index is 9.74. The SMILES string of the molecule is [Na+].[O-]OOSc1ccccc1COOCC1CO1. The summed E-state index contributed by atoms with van der Waals surface area (Å²) in [6.45, 7) is 1.41.